The molecule has 34 heavy (non-hydrogen) atoms. The number of hydrogen-bond acceptors (Lipinski definition) is 6. The summed E-state index contributed by atoms with van der Waals surface area (Å²) in [5.41, 5.74) is 3.70. The number of unbranched alkanes of at least 4 members (excludes halogenated alkanes) is 2. The van der Waals surface area contributed by atoms with Gasteiger partial charge in [-0.05, 0) is 41.3 Å². The van der Waals surface area contributed by atoms with Gasteiger partial charge in [0.25, 0.3) is 5.69 Å². The molecule has 0 saturated carbocycles. The van der Waals surface area contributed by atoms with Crippen LogP contribution in [0.5, 0.6) is 0 Å². The summed E-state index contributed by atoms with van der Waals surface area (Å²) in [6, 6.07) is 21.9. The molecular weight excluding hydrogens is 430 g/mol. The fraction of sp³-hybridized carbons (Fsp3) is 0.259. The van der Waals surface area contributed by atoms with E-state index in [1.807, 2.05) is 53.4 Å². The van der Waals surface area contributed by atoms with E-state index < -0.39 is 10.9 Å². The quantitative estimate of drug-likeness (QED) is 0.158. The zero-order valence-corrected chi connectivity index (χ0v) is 19.4. The van der Waals surface area contributed by atoms with Crippen molar-refractivity contribution in [2.75, 3.05) is 18.6 Å². The maximum atomic E-state index is 12.1. The van der Waals surface area contributed by atoms with E-state index in [9.17, 15) is 20.2 Å². The number of nitrogens with zero attached hydrogens (tertiary/aromatic N) is 3. The van der Waals surface area contributed by atoms with Crippen LogP contribution in [0.1, 0.15) is 47.7 Å². The van der Waals surface area contributed by atoms with Crippen LogP contribution in [0.15, 0.2) is 66.7 Å². The van der Waals surface area contributed by atoms with E-state index in [1.165, 1.54) is 25.3 Å². The van der Waals surface area contributed by atoms with Crippen molar-refractivity contribution in [3.05, 3.63) is 93.5 Å². The average Bonchev–Trinajstić information content (AvgIpc) is 2.87. The van der Waals surface area contributed by atoms with Crippen molar-refractivity contribution in [1.29, 1.82) is 5.26 Å². The fourth-order valence-electron chi connectivity index (χ4n) is 3.89. The van der Waals surface area contributed by atoms with Crippen LogP contribution in [0.3, 0.4) is 0 Å². The summed E-state index contributed by atoms with van der Waals surface area (Å²) in [5, 5.41) is 21.5. The highest BCUT2D eigenvalue weighted by molar-refractivity contribution is 5.91. The van der Waals surface area contributed by atoms with Crippen molar-refractivity contribution in [3.63, 3.8) is 0 Å². The Kier molecular flexibility index (Phi) is 8.36. The van der Waals surface area contributed by atoms with Gasteiger partial charge in [0.1, 0.15) is 5.69 Å². The topological polar surface area (TPSA) is 96.5 Å². The lowest BCUT2D eigenvalue weighted by atomic mass is 9.98. The molecule has 0 bridgehead atoms. The standard InChI is InChI=1S/C27H27N3O4/c1-3-4-8-15-29(26-17-22(27(31)34-2)12-14-25(26)30(32)33)19-20-11-13-24(23(16-20)18-28)21-9-6-5-7-10-21/h5-7,9-14,16-17H,3-4,8,15,19H2,1-2H3. The smallest absolute Gasteiger partial charge is 0.337 e. The molecule has 0 spiro atoms. The molecule has 0 aliphatic heterocycles. The first-order valence-corrected chi connectivity index (χ1v) is 11.2. The van der Waals surface area contributed by atoms with Gasteiger partial charge in [-0.15, -0.1) is 0 Å². The molecule has 3 rings (SSSR count). The normalized spacial score (nSPS) is 10.4. The lowest BCUT2D eigenvalue weighted by Gasteiger charge is -2.25. The van der Waals surface area contributed by atoms with Gasteiger partial charge in [0.2, 0.25) is 0 Å². The summed E-state index contributed by atoms with van der Waals surface area (Å²) in [6.07, 6.45) is 2.81. The molecule has 7 heteroatoms. The number of esters is 1. The molecule has 3 aromatic carbocycles. The SMILES string of the molecule is CCCCCN(Cc1ccc(-c2ccccc2)c(C#N)c1)c1cc(C(=O)OC)ccc1[N+](=O)[O-]. The number of carbonyl (C=O) groups excluding carboxylic acids is 1. The number of carbonyl (C=O) groups is 1. The molecule has 0 atom stereocenters. The van der Waals surface area contributed by atoms with Gasteiger partial charge < -0.3 is 9.64 Å². The summed E-state index contributed by atoms with van der Waals surface area (Å²) in [4.78, 5) is 25.3. The maximum Gasteiger partial charge on any atom is 0.337 e. The number of nitriles is 1. The molecular formula is C27H27N3O4. The number of anilines is 1. The minimum atomic E-state index is -0.552. The maximum absolute atomic E-state index is 12.1. The van der Waals surface area contributed by atoms with E-state index >= 15 is 0 Å². The van der Waals surface area contributed by atoms with E-state index in [-0.39, 0.29) is 11.3 Å². The Balaban J connectivity index is 2.02. The highest BCUT2D eigenvalue weighted by atomic mass is 16.6. The van der Waals surface area contributed by atoms with Gasteiger partial charge in [-0.1, -0.05) is 62.2 Å². The predicted octanol–water partition coefficient (Wildman–Crippen LogP) is 6.12. The Morgan fingerprint density at radius 2 is 1.85 bits per heavy atom. The lowest BCUT2D eigenvalue weighted by Crippen LogP contribution is -2.25. The van der Waals surface area contributed by atoms with E-state index in [4.69, 9.17) is 4.74 Å². The molecule has 7 nitrogen and oxygen atoms in total. The third kappa shape index (κ3) is 5.78. The van der Waals surface area contributed by atoms with Gasteiger partial charge in [0, 0.05) is 19.2 Å². The minimum Gasteiger partial charge on any atom is -0.465 e. The Morgan fingerprint density at radius 3 is 2.50 bits per heavy atom. The monoisotopic (exact) mass is 457 g/mol. The van der Waals surface area contributed by atoms with Gasteiger partial charge in [0.15, 0.2) is 0 Å². The van der Waals surface area contributed by atoms with Crippen molar-refractivity contribution in [2.24, 2.45) is 0 Å². The number of methoxy groups -OCH3 is 1. The van der Waals surface area contributed by atoms with Crippen LogP contribution in [0, 0.1) is 21.4 Å². The molecule has 0 aliphatic rings. The average molecular weight is 458 g/mol. The summed E-state index contributed by atoms with van der Waals surface area (Å²) in [7, 11) is 1.28. The first-order valence-electron chi connectivity index (χ1n) is 11.2. The zero-order chi connectivity index (χ0) is 24.5. The highest BCUT2D eigenvalue weighted by Gasteiger charge is 2.22. The predicted molar refractivity (Wildman–Crippen MR) is 132 cm³/mol. The van der Waals surface area contributed by atoms with Gasteiger partial charge in [-0.2, -0.15) is 5.26 Å². The molecule has 0 heterocycles. The number of nitro benzene ring substituents is 1. The Hall–Kier alpha value is -4.18. The van der Waals surface area contributed by atoms with Crippen LogP contribution < -0.4 is 4.90 Å². The van der Waals surface area contributed by atoms with Crippen LogP contribution in [0.2, 0.25) is 0 Å². The summed E-state index contributed by atoms with van der Waals surface area (Å²) in [6.45, 7) is 3.02. The summed E-state index contributed by atoms with van der Waals surface area (Å²) < 4.78 is 4.81. The Morgan fingerprint density at radius 1 is 1.09 bits per heavy atom. The molecule has 0 N–H and O–H groups in total. The van der Waals surface area contributed by atoms with Gasteiger partial charge in [0.05, 0.1) is 29.2 Å². The Bertz CT molecular complexity index is 1200. The molecule has 0 unspecified atom stereocenters. The number of nitro groups is 1. The van der Waals surface area contributed by atoms with E-state index in [0.29, 0.717) is 24.3 Å². The number of hydrogen-bond donors (Lipinski definition) is 0. The van der Waals surface area contributed by atoms with E-state index in [2.05, 4.69) is 13.0 Å². The summed E-state index contributed by atoms with van der Waals surface area (Å²) >= 11 is 0. The van der Waals surface area contributed by atoms with Crippen molar-refractivity contribution in [1.82, 2.24) is 0 Å². The van der Waals surface area contributed by atoms with E-state index in [0.717, 1.165) is 36.0 Å². The third-order valence-corrected chi connectivity index (χ3v) is 5.63. The minimum absolute atomic E-state index is 0.0782. The highest BCUT2D eigenvalue weighted by Crippen LogP contribution is 2.32. The second kappa shape index (κ2) is 11.6. The number of rotatable bonds is 10. The molecule has 174 valence electrons. The van der Waals surface area contributed by atoms with Crippen LogP contribution in [-0.4, -0.2) is 24.5 Å². The van der Waals surface area contributed by atoms with Crippen molar-refractivity contribution >= 4 is 17.3 Å². The molecule has 0 fully saturated rings. The second-order valence-corrected chi connectivity index (χ2v) is 7.94. The second-order valence-electron chi connectivity index (χ2n) is 7.94. The molecule has 0 amide bonds. The van der Waals surface area contributed by atoms with Crippen LogP contribution in [-0.2, 0) is 11.3 Å². The van der Waals surface area contributed by atoms with Crippen LogP contribution in [0.4, 0.5) is 11.4 Å². The van der Waals surface area contributed by atoms with Crippen molar-refractivity contribution in [2.45, 2.75) is 32.7 Å². The third-order valence-electron chi connectivity index (χ3n) is 5.63. The Labute approximate surface area is 199 Å². The van der Waals surface area contributed by atoms with Gasteiger partial charge >= 0.3 is 5.97 Å². The van der Waals surface area contributed by atoms with Crippen LogP contribution in [0.25, 0.3) is 11.1 Å². The van der Waals surface area contributed by atoms with Crippen LogP contribution >= 0.6 is 0 Å². The summed E-state index contributed by atoms with van der Waals surface area (Å²) in [5.74, 6) is -0.552. The molecule has 0 aliphatic carbocycles. The molecule has 0 radical (unpaired) electrons. The molecule has 0 aromatic heterocycles. The first-order chi connectivity index (χ1) is 16.5. The van der Waals surface area contributed by atoms with Crippen molar-refractivity contribution < 1.29 is 14.5 Å². The number of benzene rings is 3. The molecule has 0 saturated heterocycles. The fourth-order valence-corrected chi connectivity index (χ4v) is 3.89. The zero-order valence-electron chi connectivity index (χ0n) is 19.4. The lowest BCUT2D eigenvalue weighted by molar-refractivity contribution is -0.384. The largest absolute Gasteiger partial charge is 0.465 e. The van der Waals surface area contributed by atoms with Crippen molar-refractivity contribution in [3.8, 4) is 17.2 Å². The molecule has 3 aromatic rings. The number of ether oxygens (including phenoxy) is 1. The van der Waals surface area contributed by atoms with Gasteiger partial charge in [-0.25, -0.2) is 4.79 Å². The first kappa shape index (κ1) is 24.5. The van der Waals surface area contributed by atoms with Gasteiger partial charge in [-0.3, -0.25) is 10.1 Å². The van der Waals surface area contributed by atoms with E-state index in [1.54, 1.807) is 0 Å².